The maximum Gasteiger partial charge on any atom is 0.286 e. The van der Waals surface area contributed by atoms with Crippen LogP contribution < -0.4 is 19.5 Å². The Bertz CT molecular complexity index is 1650. The number of nitrogens with zero attached hydrogens (tertiary/aromatic N) is 1. The maximum absolute atomic E-state index is 11.8. The number of hydrogen-bond acceptors (Lipinski definition) is 7. The molecule has 9 heteroatoms. The quantitative estimate of drug-likeness (QED) is 0.200. The van der Waals surface area contributed by atoms with Crippen LogP contribution in [0.2, 0.25) is 0 Å². The largest absolute Gasteiger partial charge is 0.483 e. The van der Waals surface area contributed by atoms with Gasteiger partial charge in [-0.2, -0.15) is 0 Å². The van der Waals surface area contributed by atoms with Crippen LogP contribution in [0, 0.1) is 0 Å². The molecule has 1 aliphatic heterocycles. The van der Waals surface area contributed by atoms with Gasteiger partial charge in [-0.15, -0.1) is 0 Å². The van der Waals surface area contributed by atoms with Gasteiger partial charge in [-0.05, 0) is 79.6 Å². The average Bonchev–Trinajstić information content (AvgIpc) is 3.53. The summed E-state index contributed by atoms with van der Waals surface area (Å²) in [7, 11) is 0. The molecule has 0 saturated carbocycles. The summed E-state index contributed by atoms with van der Waals surface area (Å²) in [5.74, 6) is 4.01. The lowest BCUT2D eigenvalue weighted by atomic mass is 10.1. The Morgan fingerprint density at radius 1 is 0.800 bits per heavy atom. The van der Waals surface area contributed by atoms with E-state index in [9.17, 15) is 9.59 Å². The van der Waals surface area contributed by atoms with Crippen molar-refractivity contribution in [1.82, 2.24) is 15.3 Å². The number of benzene rings is 4. The van der Waals surface area contributed by atoms with Gasteiger partial charge in [-0.3, -0.25) is 14.9 Å². The van der Waals surface area contributed by atoms with E-state index < -0.39 is 5.25 Å². The second kappa shape index (κ2) is 11.2. The number of hydrogen-bond donors (Lipinski definition) is 2. The Morgan fingerprint density at radius 3 is 2.10 bits per heavy atom. The van der Waals surface area contributed by atoms with Crippen LogP contribution in [0.4, 0.5) is 4.79 Å². The van der Waals surface area contributed by atoms with Crippen LogP contribution >= 0.6 is 11.8 Å². The van der Waals surface area contributed by atoms with Crippen LogP contribution in [0.3, 0.4) is 0 Å². The minimum Gasteiger partial charge on any atom is -0.483 e. The van der Waals surface area contributed by atoms with Gasteiger partial charge in [0.05, 0.1) is 16.3 Å². The zero-order valence-corrected chi connectivity index (χ0v) is 22.3. The highest BCUT2D eigenvalue weighted by Crippen LogP contribution is 2.30. The molecule has 1 saturated heterocycles. The van der Waals surface area contributed by atoms with Crippen molar-refractivity contribution >= 4 is 33.9 Å². The fourth-order valence-electron chi connectivity index (χ4n) is 4.31. The summed E-state index contributed by atoms with van der Waals surface area (Å²) in [4.78, 5) is 31.2. The number of ether oxygens (including phenoxy) is 3. The van der Waals surface area contributed by atoms with E-state index >= 15 is 0 Å². The highest BCUT2D eigenvalue weighted by Gasteiger charge is 2.31. The predicted molar refractivity (Wildman–Crippen MR) is 153 cm³/mol. The Labute approximate surface area is 234 Å². The number of amides is 2. The molecule has 0 radical (unpaired) electrons. The maximum atomic E-state index is 11.8. The van der Waals surface area contributed by atoms with E-state index in [0.717, 1.165) is 39.9 Å². The van der Waals surface area contributed by atoms with Crippen molar-refractivity contribution < 1.29 is 23.8 Å². The number of aromatic amines is 1. The zero-order chi connectivity index (χ0) is 27.5. The second-order valence-electron chi connectivity index (χ2n) is 9.28. The number of para-hydroxylation sites is 1. The predicted octanol–water partition coefficient (Wildman–Crippen LogP) is 7.18. The topological polar surface area (TPSA) is 103 Å². The molecule has 0 spiro atoms. The molecule has 1 aliphatic rings. The molecule has 40 heavy (non-hydrogen) atoms. The Hall–Kier alpha value is -4.76. The first-order chi connectivity index (χ1) is 19.5. The molecule has 4 aromatic carbocycles. The highest BCUT2D eigenvalue weighted by atomic mass is 32.2. The third-order valence-electron chi connectivity index (χ3n) is 6.32. The van der Waals surface area contributed by atoms with Crippen molar-refractivity contribution in [2.45, 2.75) is 24.7 Å². The smallest absolute Gasteiger partial charge is 0.286 e. The Kier molecular flexibility index (Phi) is 7.11. The van der Waals surface area contributed by atoms with E-state index in [4.69, 9.17) is 14.2 Å². The SMILES string of the molecule is CC(Oc1ccc(CC2SC(=O)NC2=O)cc1)c1nc2ccc(Oc3ccc(Oc4ccccc4)cc3)cc2[nH]1. The highest BCUT2D eigenvalue weighted by molar-refractivity contribution is 8.15. The summed E-state index contributed by atoms with van der Waals surface area (Å²) in [5.41, 5.74) is 2.60. The molecular formula is C31H25N3O5S. The first-order valence-corrected chi connectivity index (χ1v) is 13.6. The van der Waals surface area contributed by atoms with Crippen LogP contribution in [-0.2, 0) is 11.2 Å². The van der Waals surface area contributed by atoms with Crippen molar-refractivity contribution in [2.24, 2.45) is 0 Å². The molecule has 5 aromatic rings. The number of rotatable bonds is 9. The minimum atomic E-state index is -0.393. The van der Waals surface area contributed by atoms with E-state index in [1.54, 1.807) is 0 Å². The van der Waals surface area contributed by atoms with Crippen molar-refractivity contribution in [3.63, 3.8) is 0 Å². The average molecular weight is 552 g/mol. The van der Waals surface area contributed by atoms with E-state index in [0.29, 0.717) is 29.5 Å². The summed E-state index contributed by atoms with van der Waals surface area (Å²) in [6.07, 6.45) is 0.158. The standard InChI is InChI=1S/C31H25N3O5S/c1-19(37-22-9-7-20(8-10-22)17-28-30(35)34-31(36)40-28)29-32-26-16-15-25(18-27(26)33-29)39-24-13-11-23(12-14-24)38-21-5-3-2-4-6-21/h2-16,18-19,28H,17H2,1H3,(H,32,33)(H,34,35,36). The van der Waals surface area contributed by atoms with Gasteiger partial charge in [0.25, 0.3) is 5.24 Å². The normalized spacial score (nSPS) is 15.6. The number of thioether (sulfide) groups is 1. The minimum absolute atomic E-state index is 0.242. The number of imidazole rings is 1. The van der Waals surface area contributed by atoms with E-state index in [-0.39, 0.29) is 17.3 Å². The molecule has 2 N–H and O–H groups in total. The first-order valence-electron chi connectivity index (χ1n) is 12.8. The second-order valence-corrected chi connectivity index (χ2v) is 10.5. The summed E-state index contributed by atoms with van der Waals surface area (Å²) in [6.45, 7) is 1.92. The number of H-pyrrole nitrogens is 1. The van der Waals surface area contributed by atoms with Crippen molar-refractivity contribution in [3.05, 3.63) is 108 Å². The molecule has 2 unspecified atom stereocenters. The van der Waals surface area contributed by atoms with Gasteiger partial charge in [-0.25, -0.2) is 4.98 Å². The fourth-order valence-corrected chi connectivity index (χ4v) is 5.17. The Balaban J connectivity index is 1.07. The lowest BCUT2D eigenvalue weighted by molar-refractivity contribution is -0.118. The molecule has 1 aromatic heterocycles. The van der Waals surface area contributed by atoms with E-state index in [1.807, 2.05) is 104 Å². The van der Waals surface area contributed by atoms with Crippen molar-refractivity contribution in [3.8, 4) is 28.7 Å². The van der Waals surface area contributed by atoms with Crippen LogP contribution in [0.25, 0.3) is 11.0 Å². The number of carbonyl (C=O) groups excluding carboxylic acids is 2. The van der Waals surface area contributed by atoms with Gasteiger partial charge in [0.1, 0.15) is 34.6 Å². The summed E-state index contributed by atoms with van der Waals surface area (Å²) in [5, 5.41) is 1.63. The number of imide groups is 1. The lowest BCUT2D eigenvalue weighted by Crippen LogP contribution is -2.25. The van der Waals surface area contributed by atoms with Gasteiger partial charge in [0.15, 0.2) is 6.10 Å². The third-order valence-corrected chi connectivity index (χ3v) is 7.30. The Morgan fingerprint density at radius 2 is 1.43 bits per heavy atom. The van der Waals surface area contributed by atoms with Crippen LogP contribution in [-0.4, -0.2) is 26.4 Å². The third kappa shape index (κ3) is 5.94. The van der Waals surface area contributed by atoms with Gasteiger partial charge in [-0.1, -0.05) is 42.1 Å². The summed E-state index contributed by atoms with van der Waals surface area (Å²) < 4.78 is 18.0. The summed E-state index contributed by atoms with van der Waals surface area (Å²) >= 11 is 1.03. The number of fused-ring (bicyclic) bond motifs is 1. The van der Waals surface area contributed by atoms with Gasteiger partial charge >= 0.3 is 0 Å². The lowest BCUT2D eigenvalue weighted by Gasteiger charge is -2.13. The van der Waals surface area contributed by atoms with Gasteiger partial charge in [0, 0.05) is 6.07 Å². The first kappa shape index (κ1) is 25.5. The molecule has 2 amide bonds. The molecule has 2 atom stereocenters. The molecule has 0 bridgehead atoms. The number of carbonyl (C=O) groups is 2. The molecule has 200 valence electrons. The monoisotopic (exact) mass is 551 g/mol. The van der Waals surface area contributed by atoms with Crippen LogP contribution in [0.5, 0.6) is 28.7 Å². The molecule has 0 aliphatic carbocycles. The van der Waals surface area contributed by atoms with Crippen LogP contribution in [0.1, 0.15) is 24.4 Å². The number of nitrogens with one attached hydrogen (secondary N) is 2. The molecule has 1 fully saturated rings. The fraction of sp³-hybridized carbons (Fsp3) is 0.129. The van der Waals surface area contributed by atoms with E-state index in [1.165, 1.54) is 0 Å². The van der Waals surface area contributed by atoms with Crippen LogP contribution in [0.15, 0.2) is 97.1 Å². The van der Waals surface area contributed by atoms with Crippen molar-refractivity contribution in [1.29, 1.82) is 0 Å². The zero-order valence-electron chi connectivity index (χ0n) is 21.5. The summed E-state index contributed by atoms with van der Waals surface area (Å²) in [6, 6.07) is 30.3. The molecule has 8 nitrogen and oxygen atoms in total. The molecule has 2 heterocycles. The molecule has 6 rings (SSSR count). The van der Waals surface area contributed by atoms with Crippen molar-refractivity contribution in [2.75, 3.05) is 0 Å². The van der Waals surface area contributed by atoms with E-state index in [2.05, 4.69) is 15.3 Å². The number of aromatic nitrogens is 2. The molecular weight excluding hydrogens is 526 g/mol. The van der Waals surface area contributed by atoms with Gasteiger partial charge in [0.2, 0.25) is 5.91 Å². The van der Waals surface area contributed by atoms with Gasteiger partial charge < -0.3 is 19.2 Å².